The van der Waals surface area contributed by atoms with E-state index in [1.54, 1.807) is 6.20 Å². The Labute approximate surface area is 147 Å². The van der Waals surface area contributed by atoms with Gasteiger partial charge in [0.25, 0.3) is 0 Å². The lowest BCUT2D eigenvalue weighted by Gasteiger charge is -2.18. The molecule has 5 heteroatoms. The van der Waals surface area contributed by atoms with Gasteiger partial charge in [0.1, 0.15) is 0 Å². The highest BCUT2D eigenvalue weighted by Gasteiger charge is 2.18. The lowest BCUT2D eigenvalue weighted by Crippen LogP contribution is -2.42. The zero-order valence-electron chi connectivity index (χ0n) is 14.1. The molecular weight excluding hydrogens is 314 g/mol. The van der Waals surface area contributed by atoms with Crippen LogP contribution >= 0.6 is 0 Å². The molecular formula is C20H21N3O2. The van der Waals surface area contributed by atoms with Crippen molar-refractivity contribution in [2.75, 3.05) is 11.9 Å². The van der Waals surface area contributed by atoms with E-state index in [2.05, 4.69) is 15.6 Å². The molecule has 128 valence electrons. The van der Waals surface area contributed by atoms with Crippen LogP contribution in [-0.2, 0) is 11.2 Å². The van der Waals surface area contributed by atoms with E-state index < -0.39 is 0 Å². The minimum atomic E-state index is -0.277. The SMILES string of the molecule is CCN[C@@H](Cc1ccccc1)C(=O)Nc1ccc(-c2cnco2)cc1. The van der Waals surface area contributed by atoms with Crippen LogP contribution < -0.4 is 10.6 Å². The van der Waals surface area contributed by atoms with Crippen LogP contribution in [-0.4, -0.2) is 23.5 Å². The normalized spacial score (nSPS) is 11.9. The molecule has 0 aliphatic rings. The number of carbonyl (C=O) groups excluding carboxylic acids is 1. The summed E-state index contributed by atoms with van der Waals surface area (Å²) in [6.45, 7) is 2.73. The monoisotopic (exact) mass is 335 g/mol. The summed E-state index contributed by atoms with van der Waals surface area (Å²) in [7, 11) is 0. The fourth-order valence-corrected chi connectivity index (χ4v) is 2.66. The van der Waals surface area contributed by atoms with Gasteiger partial charge in [-0.3, -0.25) is 4.79 Å². The Morgan fingerprint density at radius 1 is 1.12 bits per heavy atom. The summed E-state index contributed by atoms with van der Waals surface area (Å²) in [4.78, 5) is 16.5. The zero-order chi connectivity index (χ0) is 17.5. The molecule has 2 N–H and O–H groups in total. The van der Waals surface area contributed by atoms with E-state index >= 15 is 0 Å². The van der Waals surface area contributed by atoms with Crippen LogP contribution in [0.4, 0.5) is 5.69 Å². The molecule has 0 spiro atoms. The number of carbonyl (C=O) groups is 1. The summed E-state index contributed by atoms with van der Waals surface area (Å²) < 4.78 is 5.27. The van der Waals surface area contributed by atoms with E-state index in [0.29, 0.717) is 12.2 Å². The van der Waals surface area contributed by atoms with E-state index in [0.717, 1.165) is 23.4 Å². The highest BCUT2D eigenvalue weighted by Crippen LogP contribution is 2.20. The van der Waals surface area contributed by atoms with Gasteiger partial charge in [-0.05, 0) is 42.8 Å². The van der Waals surface area contributed by atoms with Crippen LogP contribution in [0.1, 0.15) is 12.5 Å². The third kappa shape index (κ3) is 4.55. The minimum Gasteiger partial charge on any atom is -0.444 e. The van der Waals surface area contributed by atoms with Gasteiger partial charge in [0.2, 0.25) is 5.91 Å². The van der Waals surface area contributed by atoms with Crippen LogP contribution in [0.2, 0.25) is 0 Å². The van der Waals surface area contributed by atoms with Crippen molar-refractivity contribution in [1.82, 2.24) is 10.3 Å². The molecule has 2 aromatic carbocycles. The highest BCUT2D eigenvalue weighted by molar-refractivity contribution is 5.95. The maximum Gasteiger partial charge on any atom is 0.241 e. The number of amides is 1. The van der Waals surface area contributed by atoms with Crippen LogP contribution in [0, 0.1) is 0 Å². The van der Waals surface area contributed by atoms with Crippen molar-refractivity contribution < 1.29 is 9.21 Å². The molecule has 3 rings (SSSR count). The second kappa shape index (κ2) is 8.26. The number of anilines is 1. The van der Waals surface area contributed by atoms with Gasteiger partial charge in [0.15, 0.2) is 12.2 Å². The number of benzene rings is 2. The first-order valence-electron chi connectivity index (χ1n) is 8.33. The summed E-state index contributed by atoms with van der Waals surface area (Å²) in [5, 5.41) is 6.22. The number of aromatic nitrogens is 1. The lowest BCUT2D eigenvalue weighted by molar-refractivity contribution is -0.118. The number of likely N-dealkylation sites (N-methyl/N-ethyl adjacent to an activating group) is 1. The molecule has 1 amide bonds. The first kappa shape index (κ1) is 16.9. The standard InChI is InChI=1S/C20H21N3O2/c1-2-22-18(12-15-6-4-3-5-7-15)20(24)23-17-10-8-16(9-11-17)19-13-21-14-25-19/h3-11,13-14,18,22H,2,12H2,1H3,(H,23,24)/t18-/m0/s1. The van der Waals surface area contributed by atoms with Crippen molar-refractivity contribution in [3.05, 3.63) is 72.8 Å². The maximum absolute atomic E-state index is 12.6. The molecule has 1 heterocycles. The van der Waals surface area contributed by atoms with E-state index in [1.165, 1.54) is 6.39 Å². The first-order chi connectivity index (χ1) is 12.3. The molecule has 1 atom stereocenters. The van der Waals surface area contributed by atoms with Crippen LogP contribution in [0.15, 0.2) is 71.6 Å². The molecule has 3 aromatic rings. The van der Waals surface area contributed by atoms with Crippen LogP contribution in [0.3, 0.4) is 0 Å². The quantitative estimate of drug-likeness (QED) is 0.693. The number of rotatable bonds is 7. The Morgan fingerprint density at radius 2 is 1.88 bits per heavy atom. The summed E-state index contributed by atoms with van der Waals surface area (Å²) in [6, 6.07) is 17.3. The van der Waals surface area contributed by atoms with Crippen LogP contribution in [0.5, 0.6) is 0 Å². The summed E-state index contributed by atoms with van der Waals surface area (Å²) in [6.07, 6.45) is 3.71. The Morgan fingerprint density at radius 3 is 2.52 bits per heavy atom. The van der Waals surface area contributed by atoms with Crippen LogP contribution in [0.25, 0.3) is 11.3 Å². The number of nitrogens with one attached hydrogen (secondary N) is 2. The molecule has 0 aliphatic heterocycles. The van der Waals surface area contributed by atoms with E-state index in [1.807, 2.05) is 61.5 Å². The fraction of sp³-hybridized carbons (Fsp3) is 0.200. The van der Waals surface area contributed by atoms with Crippen molar-refractivity contribution >= 4 is 11.6 Å². The summed E-state index contributed by atoms with van der Waals surface area (Å²) in [5.74, 6) is 0.658. The Bertz CT molecular complexity index is 784. The zero-order valence-corrected chi connectivity index (χ0v) is 14.1. The van der Waals surface area contributed by atoms with Gasteiger partial charge >= 0.3 is 0 Å². The number of nitrogens with zero attached hydrogens (tertiary/aromatic N) is 1. The molecule has 0 bridgehead atoms. The number of hydrogen-bond acceptors (Lipinski definition) is 4. The fourth-order valence-electron chi connectivity index (χ4n) is 2.66. The van der Waals surface area contributed by atoms with Crippen molar-refractivity contribution in [2.45, 2.75) is 19.4 Å². The van der Waals surface area contributed by atoms with Gasteiger partial charge in [-0.15, -0.1) is 0 Å². The van der Waals surface area contributed by atoms with E-state index in [9.17, 15) is 4.79 Å². The smallest absolute Gasteiger partial charge is 0.241 e. The number of hydrogen-bond donors (Lipinski definition) is 2. The lowest BCUT2D eigenvalue weighted by atomic mass is 10.0. The van der Waals surface area contributed by atoms with Crippen molar-refractivity contribution in [2.24, 2.45) is 0 Å². The Balaban J connectivity index is 1.66. The van der Waals surface area contributed by atoms with E-state index in [-0.39, 0.29) is 11.9 Å². The minimum absolute atomic E-state index is 0.0434. The second-order valence-corrected chi connectivity index (χ2v) is 5.73. The van der Waals surface area contributed by atoms with Gasteiger partial charge in [-0.2, -0.15) is 0 Å². The molecule has 0 unspecified atom stereocenters. The molecule has 5 nitrogen and oxygen atoms in total. The largest absolute Gasteiger partial charge is 0.444 e. The highest BCUT2D eigenvalue weighted by atomic mass is 16.3. The Kier molecular flexibility index (Phi) is 5.59. The van der Waals surface area contributed by atoms with Crippen molar-refractivity contribution in [3.8, 4) is 11.3 Å². The maximum atomic E-state index is 12.6. The molecule has 0 saturated carbocycles. The predicted octanol–water partition coefficient (Wildman–Crippen LogP) is 3.50. The van der Waals surface area contributed by atoms with Gasteiger partial charge < -0.3 is 15.1 Å². The summed E-state index contributed by atoms with van der Waals surface area (Å²) >= 11 is 0. The van der Waals surface area contributed by atoms with E-state index in [4.69, 9.17) is 4.42 Å². The third-order valence-electron chi connectivity index (χ3n) is 3.92. The average molecular weight is 335 g/mol. The van der Waals surface area contributed by atoms with Crippen molar-refractivity contribution in [1.29, 1.82) is 0 Å². The Hall–Kier alpha value is -2.92. The van der Waals surface area contributed by atoms with Gasteiger partial charge in [-0.1, -0.05) is 37.3 Å². The molecule has 0 aliphatic carbocycles. The predicted molar refractivity (Wildman–Crippen MR) is 98.2 cm³/mol. The molecule has 0 fully saturated rings. The molecule has 1 aromatic heterocycles. The summed E-state index contributed by atoms with van der Waals surface area (Å²) in [5.41, 5.74) is 2.80. The second-order valence-electron chi connectivity index (χ2n) is 5.73. The third-order valence-corrected chi connectivity index (χ3v) is 3.92. The first-order valence-corrected chi connectivity index (χ1v) is 8.33. The number of oxazole rings is 1. The molecule has 0 saturated heterocycles. The van der Waals surface area contributed by atoms with Gasteiger partial charge in [-0.25, -0.2) is 4.98 Å². The van der Waals surface area contributed by atoms with Gasteiger partial charge in [0, 0.05) is 11.3 Å². The van der Waals surface area contributed by atoms with Crippen molar-refractivity contribution in [3.63, 3.8) is 0 Å². The van der Waals surface area contributed by atoms with Gasteiger partial charge in [0.05, 0.1) is 12.2 Å². The molecule has 25 heavy (non-hydrogen) atoms. The molecule has 0 radical (unpaired) electrons. The topological polar surface area (TPSA) is 67.2 Å². The average Bonchev–Trinajstić information content (AvgIpc) is 3.17.